The van der Waals surface area contributed by atoms with E-state index < -0.39 is 0 Å². The van der Waals surface area contributed by atoms with Crippen molar-refractivity contribution in [3.05, 3.63) is 71.2 Å². The zero-order valence-electron chi connectivity index (χ0n) is 16.9. The van der Waals surface area contributed by atoms with Gasteiger partial charge in [0.1, 0.15) is 5.01 Å². The third-order valence-electron chi connectivity index (χ3n) is 4.79. The average Bonchev–Trinajstić information content (AvgIpc) is 3.39. The van der Waals surface area contributed by atoms with Crippen molar-refractivity contribution in [2.45, 2.75) is 44.1 Å². The Labute approximate surface area is 180 Å². The fraction of sp³-hybridized carbons (Fsp3) is 0.261. The van der Waals surface area contributed by atoms with E-state index in [4.69, 9.17) is 4.98 Å². The molecule has 0 spiro atoms. The van der Waals surface area contributed by atoms with Gasteiger partial charge in [0.25, 0.3) is 0 Å². The molecule has 0 unspecified atom stereocenters. The van der Waals surface area contributed by atoms with E-state index in [2.05, 4.69) is 77.3 Å². The quantitative estimate of drug-likeness (QED) is 0.320. The van der Waals surface area contributed by atoms with Gasteiger partial charge in [0.2, 0.25) is 0 Å². The van der Waals surface area contributed by atoms with Gasteiger partial charge in [-0.25, -0.2) is 4.98 Å². The van der Waals surface area contributed by atoms with Crippen LogP contribution in [0.15, 0.2) is 65.1 Å². The summed E-state index contributed by atoms with van der Waals surface area (Å²) in [6, 6.07) is 19.0. The first-order valence-corrected chi connectivity index (χ1v) is 11.7. The lowest BCUT2D eigenvalue weighted by Gasteiger charge is -2.06. The normalized spacial score (nSPS) is 11.3. The molecule has 0 aliphatic carbocycles. The van der Waals surface area contributed by atoms with Crippen LogP contribution in [-0.2, 0) is 12.3 Å². The lowest BCUT2D eigenvalue weighted by molar-refractivity contribution is 0.687. The molecule has 29 heavy (non-hydrogen) atoms. The van der Waals surface area contributed by atoms with Gasteiger partial charge < -0.3 is 4.57 Å². The lowest BCUT2D eigenvalue weighted by Crippen LogP contribution is -1.99. The molecule has 0 fully saturated rings. The molecular formula is C23H24N4S2. The summed E-state index contributed by atoms with van der Waals surface area (Å²) in [6.45, 7) is 7.39. The third kappa shape index (κ3) is 4.43. The number of hydrogen-bond donors (Lipinski definition) is 0. The molecule has 2 aromatic heterocycles. The molecule has 4 rings (SSSR count). The van der Waals surface area contributed by atoms with Crippen molar-refractivity contribution in [3.8, 4) is 22.0 Å². The summed E-state index contributed by atoms with van der Waals surface area (Å²) in [4.78, 5) is 4.83. The molecular weight excluding hydrogens is 396 g/mol. The van der Waals surface area contributed by atoms with Gasteiger partial charge in [-0.1, -0.05) is 80.2 Å². The van der Waals surface area contributed by atoms with Crippen LogP contribution >= 0.6 is 23.1 Å². The van der Waals surface area contributed by atoms with Gasteiger partial charge >= 0.3 is 0 Å². The van der Waals surface area contributed by atoms with Crippen LogP contribution in [0.25, 0.3) is 22.0 Å². The van der Waals surface area contributed by atoms with Gasteiger partial charge in [0.05, 0.1) is 5.69 Å². The molecule has 0 saturated heterocycles. The summed E-state index contributed by atoms with van der Waals surface area (Å²) in [5.74, 6) is 2.25. The summed E-state index contributed by atoms with van der Waals surface area (Å²) in [5.41, 5.74) is 4.71. The van der Waals surface area contributed by atoms with Crippen molar-refractivity contribution in [2.24, 2.45) is 0 Å². The van der Waals surface area contributed by atoms with Crippen molar-refractivity contribution < 1.29 is 0 Å². The molecule has 0 N–H and O–H groups in total. The molecule has 0 radical (unpaired) electrons. The second-order valence-electron chi connectivity index (χ2n) is 7.13. The van der Waals surface area contributed by atoms with E-state index in [1.807, 2.05) is 18.2 Å². The number of hydrogen-bond acceptors (Lipinski definition) is 5. The first kappa shape index (κ1) is 19.9. The van der Waals surface area contributed by atoms with Gasteiger partial charge in [-0.15, -0.1) is 21.5 Å². The number of rotatable bonds is 7. The summed E-state index contributed by atoms with van der Waals surface area (Å²) < 4.78 is 2.16. The Morgan fingerprint density at radius 3 is 2.41 bits per heavy atom. The fourth-order valence-electron chi connectivity index (χ4n) is 3.14. The molecule has 0 amide bonds. The van der Waals surface area contributed by atoms with Crippen molar-refractivity contribution in [1.82, 2.24) is 19.7 Å². The van der Waals surface area contributed by atoms with Crippen LogP contribution in [-0.4, -0.2) is 19.7 Å². The molecule has 2 aromatic carbocycles. The zero-order chi connectivity index (χ0) is 20.2. The van der Waals surface area contributed by atoms with Gasteiger partial charge in [-0.05, 0) is 18.4 Å². The van der Waals surface area contributed by atoms with Crippen molar-refractivity contribution in [3.63, 3.8) is 0 Å². The third-order valence-corrected chi connectivity index (χ3v) is 6.73. The fourth-order valence-corrected chi connectivity index (χ4v) is 4.96. The minimum absolute atomic E-state index is 0.545. The number of aromatic nitrogens is 4. The topological polar surface area (TPSA) is 43.6 Å². The number of nitrogens with zero attached hydrogens (tertiary/aromatic N) is 4. The standard InChI is InChI=1S/C23H24N4S2/c1-4-27-21(18-8-6-5-7-9-18)25-26-23(27)29-15-20-14-28-22(24-20)19-12-10-17(11-13-19)16(2)3/h5-14,16H,4,15H2,1-3H3. The van der Waals surface area contributed by atoms with Crippen LogP contribution < -0.4 is 0 Å². The van der Waals surface area contributed by atoms with Crippen LogP contribution in [0.1, 0.15) is 37.9 Å². The first-order chi connectivity index (χ1) is 14.2. The minimum Gasteiger partial charge on any atom is -0.302 e. The van der Waals surface area contributed by atoms with Crippen molar-refractivity contribution in [1.29, 1.82) is 0 Å². The molecule has 6 heteroatoms. The Hall–Kier alpha value is -2.44. The maximum absolute atomic E-state index is 4.83. The molecule has 0 saturated carbocycles. The van der Waals surface area contributed by atoms with E-state index in [1.54, 1.807) is 23.1 Å². The molecule has 148 valence electrons. The minimum atomic E-state index is 0.545. The van der Waals surface area contributed by atoms with E-state index in [-0.39, 0.29) is 0 Å². The van der Waals surface area contributed by atoms with E-state index >= 15 is 0 Å². The summed E-state index contributed by atoms with van der Waals surface area (Å²) >= 11 is 3.39. The predicted molar refractivity (Wildman–Crippen MR) is 122 cm³/mol. The Morgan fingerprint density at radius 1 is 0.966 bits per heavy atom. The van der Waals surface area contributed by atoms with Crippen LogP contribution in [0.4, 0.5) is 0 Å². The number of benzene rings is 2. The molecule has 2 heterocycles. The molecule has 0 atom stereocenters. The maximum Gasteiger partial charge on any atom is 0.191 e. The Kier molecular flexibility index (Phi) is 6.11. The van der Waals surface area contributed by atoms with Crippen LogP contribution in [0.2, 0.25) is 0 Å². The maximum atomic E-state index is 4.83. The van der Waals surface area contributed by atoms with Crippen LogP contribution in [0.5, 0.6) is 0 Å². The Balaban J connectivity index is 1.47. The van der Waals surface area contributed by atoms with Gasteiger partial charge in [0.15, 0.2) is 11.0 Å². The smallest absolute Gasteiger partial charge is 0.191 e. The molecule has 4 nitrogen and oxygen atoms in total. The molecule has 0 aliphatic rings. The first-order valence-electron chi connectivity index (χ1n) is 9.82. The van der Waals surface area contributed by atoms with Crippen molar-refractivity contribution >= 4 is 23.1 Å². The van der Waals surface area contributed by atoms with Crippen molar-refractivity contribution in [2.75, 3.05) is 0 Å². The highest BCUT2D eigenvalue weighted by molar-refractivity contribution is 7.98. The second kappa shape index (κ2) is 8.93. The highest BCUT2D eigenvalue weighted by Crippen LogP contribution is 2.30. The van der Waals surface area contributed by atoms with Gasteiger partial charge in [-0.2, -0.15) is 0 Å². The summed E-state index contributed by atoms with van der Waals surface area (Å²) in [6.07, 6.45) is 0. The number of thioether (sulfide) groups is 1. The molecule has 0 bridgehead atoms. The SMILES string of the molecule is CCn1c(SCc2csc(-c3ccc(C(C)C)cc3)n2)nnc1-c1ccccc1. The summed E-state index contributed by atoms with van der Waals surface area (Å²) in [7, 11) is 0. The Bertz CT molecular complexity index is 1070. The summed E-state index contributed by atoms with van der Waals surface area (Å²) in [5, 5.41) is 13.0. The molecule has 4 aromatic rings. The second-order valence-corrected chi connectivity index (χ2v) is 8.93. The van der Waals surface area contributed by atoms with E-state index in [0.717, 1.165) is 39.5 Å². The lowest BCUT2D eigenvalue weighted by atomic mass is 10.0. The predicted octanol–water partition coefficient (Wildman–Crippen LogP) is 6.50. The van der Waals surface area contributed by atoms with Gasteiger partial charge in [-0.3, -0.25) is 0 Å². The highest BCUT2D eigenvalue weighted by Gasteiger charge is 2.14. The Morgan fingerprint density at radius 2 is 1.72 bits per heavy atom. The van der Waals surface area contributed by atoms with E-state index in [1.165, 1.54) is 11.1 Å². The van der Waals surface area contributed by atoms with E-state index in [0.29, 0.717) is 5.92 Å². The molecule has 0 aliphatic heterocycles. The zero-order valence-corrected chi connectivity index (χ0v) is 18.5. The average molecular weight is 421 g/mol. The monoisotopic (exact) mass is 420 g/mol. The van der Waals surface area contributed by atoms with Crippen LogP contribution in [0, 0.1) is 0 Å². The largest absolute Gasteiger partial charge is 0.302 e. The number of thiazole rings is 1. The van der Waals surface area contributed by atoms with E-state index in [9.17, 15) is 0 Å². The van der Waals surface area contributed by atoms with Gasteiger partial charge in [0, 0.05) is 28.8 Å². The van der Waals surface area contributed by atoms with Crippen LogP contribution in [0.3, 0.4) is 0 Å². The highest BCUT2D eigenvalue weighted by atomic mass is 32.2.